The maximum atomic E-state index is 12.6. The average Bonchev–Trinajstić information content (AvgIpc) is 2.74. The third-order valence-electron chi connectivity index (χ3n) is 4.40. The Balaban J connectivity index is 5.29. The van der Waals surface area contributed by atoms with E-state index in [2.05, 4.69) is 10.6 Å². The second-order valence-electron chi connectivity index (χ2n) is 7.18. The molecule has 11 N–H and O–H groups in total. The number of carbonyl (C=O) groups excluding carboxylic acids is 4. The highest BCUT2D eigenvalue weighted by Gasteiger charge is 2.30. The first-order chi connectivity index (χ1) is 15.8. The summed E-state index contributed by atoms with van der Waals surface area (Å²) >= 11 is 0. The van der Waals surface area contributed by atoms with Gasteiger partial charge in [0.15, 0.2) is 0 Å². The van der Waals surface area contributed by atoms with Gasteiger partial charge in [0.05, 0.1) is 12.6 Å². The summed E-state index contributed by atoms with van der Waals surface area (Å²) in [6.07, 6.45) is -2.41. The summed E-state index contributed by atoms with van der Waals surface area (Å²) in [5.41, 5.74) is 10.6. The lowest BCUT2D eigenvalue weighted by Gasteiger charge is -2.24. The summed E-state index contributed by atoms with van der Waals surface area (Å²) in [5.74, 6) is -8.02. The van der Waals surface area contributed by atoms with Crippen molar-refractivity contribution in [3.8, 4) is 0 Å². The van der Waals surface area contributed by atoms with Gasteiger partial charge in [-0.1, -0.05) is 0 Å². The summed E-state index contributed by atoms with van der Waals surface area (Å²) in [4.78, 5) is 80.6. The molecule has 0 aromatic heterocycles. The van der Waals surface area contributed by atoms with Crippen molar-refractivity contribution in [3.63, 3.8) is 0 Å². The Labute approximate surface area is 193 Å². The molecule has 34 heavy (non-hydrogen) atoms. The maximum Gasteiger partial charge on any atom is 0.326 e. The molecule has 0 aromatic carbocycles. The Morgan fingerprint density at radius 3 is 1.53 bits per heavy atom. The lowest BCUT2D eigenvalue weighted by Crippen LogP contribution is -2.58. The molecule has 0 spiro atoms. The van der Waals surface area contributed by atoms with Gasteiger partial charge in [0, 0.05) is 19.3 Å². The van der Waals surface area contributed by atoms with Crippen molar-refractivity contribution in [1.82, 2.24) is 16.0 Å². The van der Waals surface area contributed by atoms with Crippen LogP contribution in [0, 0.1) is 0 Å². The number of primary amides is 1. The van der Waals surface area contributed by atoms with E-state index in [1.165, 1.54) is 0 Å². The molecule has 0 aliphatic heterocycles. The van der Waals surface area contributed by atoms with Gasteiger partial charge in [0.1, 0.15) is 18.1 Å². The maximum absolute atomic E-state index is 12.6. The lowest BCUT2D eigenvalue weighted by atomic mass is 10.1. The molecule has 4 unspecified atom stereocenters. The Morgan fingerprint density at radius 1 is 0.647 bits per heavy atom. The molecule has 0 saturated carbocycles. The Kier molecular flexibility index (Phi) is 13.4. The number of carboxylic acids is 3. The molecule has 0 fully saturated rings. The van der Waals surface area contributed by atoms with E-state index in [9.17, 15) is 38.7 Å². The van der Waals surface area contributed by atoms with E-state index < -0.39 is 98.0 Å². The predicted octanol–water partition coefficient (Wildman–Crippen LogP) is -4.16. The van der Waals surface area contributed by atoms with Gasteiger partial charge >= 0.3 is 17.9 Å². The van der Waals surface area contributed by atoms with E-state index in [-0.39, 0.29) is 12.8 Å². The third-order valence-corrected chi connectivity index (χ3v) is 4.40. The zero-order chi connectivity index (χ0) is 26.4. The van der Waals surface area contributed by atoms with Gasteiger partial charge in [-0.3, -0.25) is 28.8 Å². The highest BCUT2D eigenvalue weighted by molar-refractivity contribution is 5.94. The minimum atomic E-state index is -1.70. The first-order valence-corrected chi connectivity index (χ1v) is 10.0. The van der Waals surface area contributed by atoms with Gasteiger partial charge in [-0.2, -0.15) is 0 Å². The molecule has 0 aliphatic carbocycles. The van der Waals surface area contributed by atoms with Gasteiger partial charge in [-0.05, 0) is 19.3 Å². The number of carboxylic acid groups (broad SMARTS) is 3. The second-order valence-corrected chi connectivity index (χ2v) is 7.18. The topological polar surface area (TPSA) is 289 Å². The fraction of sp³-hybridized carbons (Fsp3) is 0.611. The first kappa shape index (κ1) is 30.2. The van der Waals surface area contributed by atoms with Crippen molar-refractivity contribution in [2.24, 2.45) is 11.5 Å². The highest BCUT2D eigenvalue weighted by atomic mass is 16.4. The number of aliphatic hydroxyl groups excluding tert-OH is 1. The minimum Gasteiger partial charge on any atom is -0.481 e. The van der Waals surface area contributed by atoms with E-state index in [1.54, 1.807) is 0 Å². The zero-order valence-electron chi connectivity index (χ0n) is 18.1. The van der Waals surface area contributed by atoms with Crippen LogP contribution in [0.1, 0.15) is 38.5 Å². The molecule has 0 aromatic rings. The molecule has 16 heteroatoms. The van der Waals surface area contributed by atoms with Gasteiger partial charge in [0.2, 0.25) is 23.6 Å². The summed E-state index contributed by atoms with van der Waals surface area (Å²) in [7, 11) is 0. The monoisotopic (exact) mass is 491 g/mol. The van der Waals surface area contributed by atoms with Crippen molar-refractivity contribution >= 4 is 41.5 Å². The van der Waals surface area contributed by atoms with Crippen LogP contribution in [0.25, 0.3) is 0 Å². The summed E-state index contributed by atoms with van der Waals surface area (Å²) in [5, 5.41) is 42.3. The summed E-state index contributed by atoms with van der Waals surface area (Å²) in [6.45, 7) is -0.999. The predicted molar refractivity (Wildman–Crippen MR) is 111 cm³/mol. The van der Waals surface area contributed by atoms with Crippen molar-refractivity contribution in [2.45, 2.75) is 62.7 Å². The van der Waals surface area contributed by atoms with Crippen LogP contribution in [-0.4, -0.2) is 92.7 Å². The molecule has 0 heterocycles. The standard InChI is InChI=1S/C18H29N5O11/c19-8(1-4-12(20)25)15(30)21-9(2-5-13(26)27)16(31)23-11(7-24)17(32)22-10(18(33)34)3-6-14(28)29/h8-11,24H,1-7,19H2,(H2,20,25)(H,21,30)(H,22,32)(H,23,31)(H,26,27)(H,28,29)(H,33,34). The van der Waals surface area contributed by atoms with Crippen molar-refractivity contribution in [3.05, 3.63) is 0 Å². The van der Waals surface area contributed by atoms with E-state index >= 15 is 0 Å². The first-order valence-electron chi connectivity index (χ1n) is 10.0. The smallest absolute Gasteiger partial charge is 0.326 e. The van der Waals surface area contributed by atoms with Crippen molar-refractivity contribution in [1.29, 1.82) is 0 Å². The SMILES string of the molecule is NC(=O)CCC(N)C(=O)NC(CCC(=O)O)C(=O)NC(CO)C(=O)NC(CCC(=O)O)C(=O)O. The third kappa shape index (κ3) is 12.3. The van der Waals surface area contributed by atoms with Gasteiger partial charge in [-0.15, -0.1) is 0 Å². The molecular weight excluding hydrogens is 462 g/mol. The van der Waals surface area contributed by atoms with E-state index in [4.69, 9.17) is 26.8 Å². The fourth-order valence-corrected chi connectivity index (χ4v) is 2.51. The molecule has 4 atom stereocenters. The summed E-state index contributed by atoms with van der Waals surface area (Å²) in [6, 6.07) is -6.09. The number of aliphatic carboxylic acids is 3. The number of amides is 4. The molecule has 0 aliphatic rings. The molecule has 0 bridgehead atoms. The Morgan fingerprint density at radius 2 is 1.09 bits per heavy atom. The Hall–Kier alpha value is -3.79. The average molecular weight is 491 g/mol. The molecule has 4 amide bonds. The fourth-order valence-electron chi connectivity index (χ4n) is 2.51. The molecule has 192 valence electrons. The Bertz CT molecular complexity index is 788. The lowest BCUT2D eigenvalue weighted by molar-refractivity contribution is -0.143. The van der Waals surface area contributed by atoms with Gasteiger partial charge in [-0.25, -0.2) is 4.79 Å². The van der Waals surface area contributed by atoms with Gasteiger partial charge < -0.3 is 47.8 Å². The molecular formula is C18H29N5O11. The van der Waals surface area contributed by atoms with Crippen molar-refractivity contribution in [2.75, 3.05) is 6.61 Å². The highest BCUT2D eigenvalue weighted by Crippen LogP contribution is 2.03. The van der Waals surface area contributed by atoms with Crippen LogP contribution < -0.4 is 27.4 Å². The van der Waals surface area contributed by atoms with Crippen LogP contribution >= 0.6 is 0 Å². The van der Waals surface area contributed by atoms with Crippen molar-refractivity contribution < 1.29 is 54.0 Å². The zero-order valence-corrected chi connectivity index (χ0v) is 18.1. The van der Waals surface area contributed by atoms with E-state index in [0.29, 0.717) is 0 Å². The van der Waals surface area contributed by atoms with Crippen LogP contribution in [-0.2, 0) is 33.6 Å². The largest absolute Gasteiger partial charge is 0.481 e. The molecule has 16 nitrogen and oxygen atoms in total. The van der Waals surface area contributed by atoms with E-state index in [1.807, 2.05) is 5.32 Å². The van der Waals surface area contributed by atoms with Crippen LogP contribution in [0.15, 0.2) is 0 Å². The van der Waals surface area contributed by atoms with Crippen LogP contribution in [0.2, 0.25) is 0 Å². The number of aliphatic hydroxyl groups is 1. The van der Waals surface area contributed by atoms with Crippen LogP contribution in [0.5, 0.6) is 0 Å². The normalized spacial score (nSPS) is 14.1. The van der Waals surface area contributed by atoms with Crippen LogP contribution in [0.3, 0.4) is 0 Å². The molecule has 0 saturated heterocycles. The summed E-state index contributed by atoms with van der Waals surface area (Å²) < 4.78 is 0. The van der Waals surface area contributed by atoms with E-state index in [0.717, 1.165) is 0 Å². The molecule has 0 rings (SSSR count). The number of nitrogens with two attached hydrogens (primary N) is 2. The molecule has 0 radical (unpaired) electrons. The van der Waals surface area contributed by atoms with Crippen LogP contribution in [0.4, 0.5) is 0 Å². The minimum absolute atomic E-state index is 0.150. The second kappa shape index (κ2) is 15.1. The number of hydrogen-bond donors (Lipinski definition) is 9. The number of carbonyl (C=O) groups is 7. The number of nitrogens with one attached hydrogen (secondary N) is 3. The quantitative estimate of drug-likeness (QED) is 0.0936. The number of rotatable bonds is 17. The van der Waals surface area contributed by atoms with Gasteiger partial charge in [0.25, 0.3) is 0 Å². The number of hydrogen-bond acceptors (Lipinski definition) is 9.